The van der Waals surface area contributed by atoms with Gasteiger partial charge in [0.1, 0.15) is 11.5 Å². The number of benzene rings is 1. The highest BCUT2D eigenvalue weighted by atomic mass is 32.1. The number of methoxy groups -OCH3 is 1. The van der Waals surface area contributed by atoms with Crippen LogP contribution >= 0.6 is 11.3 Å². The molecule has 0 saturated carbocycles. The summed E-state index contributed by atoms with van der Waals surface area (Å²) in [4.78, 5) is 0. The Kier molecular flexibility index (Phi) is 1.88. The van der Waals surface area contributed by atoms with Crippen LogP contribution in [0, 0.1) is 6.92 Å². The van der Waals surface area contributed by atoms with Gasteiger partial charge in [-0.05, 0) is 24.6 Å². The Labute approximate surface area is 80.4 Å². The van der Waals surface area contributed by atoms with E-state index in [2.05, 4.69) is 0 Å². The number of thiophene rings is 1. The number of hydrogen-bond acceptors (Lipinski definition) is 3. The van der Waals surface area contributed by atoms with Gasteiger partial charge in [0.15, 0.2) is 0 Å². The van der Waals surface area contributed by atoms with Crippen molar-refractivity contribution in [2.45, 2.75) is 6.92 Å². The zero-order valence-corrected chi connectivity index (χ0v) is 8.31. The number of aryl methyl sites for hydroxylation is 1. The van der Waals surface area contributed by atoms with Crippen molar-refractivity contribution >= 4 is 21.4 Å². The molecule has 1 aromatic carbocycles. The maximum Gasteiger partial charge on any atom is 0.134 e. The summed E-state index contributed by atoms with van der Waals surface area (Å²) in [5, 5.41) is 12.2. The number of ether oxygens (including phenoxy) is 1. The fourth-order valence-electron chi connectivity index (χ4n) is 1.44. The maximum atomic E-state index is 9.53. The lowest BCUT2D eigenvalue weighted by atomic mass is 10.1. The maximum absolute atomic E-state index is 9.53. The first kappa shape index (κ1) is 8.38. The highest BCUT2D eigenvalue weighted by Gasteiger charge is 2.07. The van der Waals surface area contributed by atoms with Crippen molar-refractivity contribution in [1.82, 2.24) is 0 Å². The molecular formula is C10H10O2S. The molecule has 1 aromatic heterocycles. The standard InChI is InChI=1S/C10H10O2S/c1-6-3-7(12-2)4-9-10(6)8(11)5-13-9/h3-5,11H,1-2H3. The van der Waals surface area contributed by atoms with Crippen LogP contribution in [0.25, 0.3) is 10.1 Å². The SMILES string of the molecule is COc1cc(C)c2c(O)csc2c1. The van der Waals surface area contributed by atoms with E-state index in [0.717, 1.165) is 21.4 Å². The van der Waals surface area contributed by atoms with E-state index >= 15 is 0 Å². The van der Waals surface area contributed by atoms with Gasteiger partial charge >= 0.3 is 0 Å². The third kappa shape index (κ3) is 1.25. The van der Waals surface area contributed by atoms with Crippen LogP contribution in [0.2, 0.25) is 0 Å². The van der Waals surface area contributed by atoms with E-state index in [1.165, 1.54) is 11.3 Å². The van der Waals surface area contributed by atoms with Crippen LogP contribution in [-0.4, -0.2) is 12.2 Å². The second kappa shape index (κ2) is 2.92. The Hall–Kier alpha value is -1.22. The summed E-state index contributed by atoms with van der Waals surface area (Å²) in [6.07, 6.45) is 0. The predicted octanol–water partition coefficient (Wildman–Crippen LogP) is 2.92. The highest BCUT2D eigenvalue weighted by molar-refractivity contribution is 7.17. The van der Waals surface area contributed by atoms with Gasteiger partial charge in [-0.3, -0.25) is 0 Å². The third-order valence-electron chi connectivity index (χ3n) is 2.06. The zero-order chi connectivity index (χ0) is 9.42. The van der Waals surface area contributed by atoms with Crippen LogP contribution in [0.3, 0.4) is 0 Å². The number of aromatic hydroxyl groups is 1. The van der Waals surface area contributed by atoms with E-state index in [1.54, 1.807) is 12.5 Å². The lowest BCUT2D eigenvalue weighted by molar-refractivity contribution is 0.415. The summed E-state index contributed by atoms with van der Waals surface area (Å²) in [5.41, 5.74) is 1.05. The monoisotopic (exact) mass is 194 g/mol. The number of fused-ring (bicyclic) bond motifs is 1. The number of rotatable bonds is 1. The van der Waals surface area contributed by atoms with Gasteiger partial charge in [-0.2, -0.15) is 0 Å². The van der Waals surface area contributed by atoms with Gasteiger partial charge in [-0.25, -0.2) is 0 Å². The van der Waals surface area contributed by atoms with Crippen molar-refractivity contribution < 1.29 is 9.84 Å². The molecule has 0 amide bonds. The molecule has 3 heteroatoms. The van der Waals surface area contributed by atoms with Crippen LogP contribution < -0.4 is 4.74 Å². The molecule has 2 nitrogen and oxygen atoms in total. The fourth-order valence-corrected chi connectivity index (χ4v) is 2.36. The molecule has 68 valence electrons. The minimum absolute atomic E-state index is 0.361. The van der Waals surface area contributed by atoms with Crippen molar-refractivity contribution in [2.24, 2.45) is 0 Å². The van der Waals surface area contributed by atoms with Crippen molar-refractivity contribution in [3.05, 3.63) is 23.1 Å². The van der Waals surface area contributed by atoms with Gasteiger partial charge < -0.3 is 9.84 Å². The lowest BCUT2D eigenvalue weighted by Gasteiger charge is -2.02. The van der Waals surface area contributed by atoms with Gasteiger partial charge in [0.25, 0.3) is 0 Å². The average Bonchev–Trinajstić information content (AvgIpc) is 2.48. The molecule has 0 aliphatic carbocycles. The molecule has 0 atom stereocenters. The number of hydrogen-bond donors (Lipinski definition) is 1. The van der Waals surface area contributed by atoms with Crippen LogP contribution in [0.1, 0.15) is 5.56 Å². The second-order valence-corrected chi connectivity index (χ2v) is 3.85. The van der Waals surface area contributed by atoms with Crippen molar-refractivity contribution in [3.8, 4) is 11.5 Å². The molecule has 0 aliphatic heterocycles. The van der Waals surface area contributed by atoms with Gasteiger partial charge in [0.2, 0.25) is 0 Å². The third-order valence-corrected chi connectivity index (χ3v) is 2.98. The van der Waals surface area contributed by atoms with Crippen molar-refractivity contribution in [1.29, 1.82) is 0 Å². The van der Waals surface area contributed by atoms with E-state index in [4.69, 9.17) is 4.74 Å². The normalized spacial score (nSPS) is 10.6. The predicted molar refractivity (Wildman–Crippen MR) is 54.8 cm³/mol. The Bertz CT molecular complexity index is 445. The molecule has 1 heterocycles. The summed E-state index contributed by atoms with van der Waals surface area (Å²) in [5.74, 6) is 1.20. The van der Waals surface area contributed by atoms with Gasteiger partial charge in [-0.15, -0.1) is 11.3 Å². The minimum Gasteiger partial charge on any atom is -0.506 e. The highest BCUT2D eigenvalue weighted by Crippen LogP contribution is 2.36. The fraction of sp³-hybridized carbons (Fsp3) is 0.200. The molecule has 2 rings (SSSR count). The molecule has 2 aromatic rings. The van der Waals surface area contributed by atoms with Crippen LogP contribution in [-0.2, 0) is 0 Å². The summed E-state index contributed by atoms with van der Waals surface area (Å²) in [7, 11) is 1.65. The molecule has 0 unspecified atom stereocenters. The molecule has 0 bridgehead atoms. The van der Waals surface area contributed by atoms with E-state index < -0.39 is 0 Å². The Morgan fingerprint density at radius 3 is 2.85 bits per heavy atom. The van der Waals surface area contributed by atoms with Gasteiger partial charge in [0, 0.05) is 15.5 Å². The van der Waals surface area contributed by atoms with Crippen molar-refractivity contribution in [2.75, 3.05) is 7.11 Å². The summed E-state index contributed by atoms with van der Waals surface area (Å²) in [6, 6.07) is 3.86. The molecular weight excluding hydrogens is 184 g/mol. The van der Waals surface area contributed by atoms with Crippen LogP contribution in [0.15, 0.2) is 17.5 Å². The summed E-state index contributed by atoms with van der Waals surface area (Å²) < 4.78 is 6.20. The average molecular weight is 194 g/mol. The molecule has 13 heavy (non-hydrogen) atoms. The van der Waals surface area contributed by atoms with Crippen LogP contribution in [0.5, 0.6) is 11.5 Å². The van der Waals surface area contributed by atoms with Gasteiger partial charge in [-0.1, -0.05) is 0 Å². The molecule has 0 fully saturated rings. The first-order chi connectivity index (χ1) is 6.22. The molecule has 1 N–H and O–H groups in total. The molecule has 0 spiro atoms. The molecule has 0 saturated heterocycles. The van der Waals surface area contributed by atoms with E-state index in [9.17, 15) is 5.11 Å². The quantitative estimate of drug-likeness (QED) is 0.756. The van der Waals surface area contributed by atoms with Gasteiger partial charge in [0.05, 0.1) is 7.11 Å². The topological polar surface area (TPSA) is 29.5 Å². The van der Waals surface area contributed by atoms with Crippen LogP contribution in [0.4, 0.5) is 0 Å². The van der Waals surface area contributed by atoms with E-state index in [0.29, 0.717) is 5.75 Å². The second-order valence-electron chi connectivity index (χ2n) is 2.94. The largest absolute Gasteiger partial charge is 0.506 e. The summed E-state index contributed by atoms with van der Waals surface area (Å²) in [6.45, 7) is 1.97. The molecule has 0 radical (unpaired) electrons. The first-order valence-corrected chi connectivity index (χ1v) is 4.85. The minimum atomic E-state index is 0.361. The van der Waals surface area contributed by atoms with E-state index in [-0.39, 0.29) is 0 Å². The smallest absolute Gasteiger partial charge is 0.134 e. The summed E-state index contributed by atoms with van der Waals surface area (Å²) >= 11 is 1.53. The Morgan fingerprint density at radius 1 is 1.38 bits per heavy atom. The first-order valence-electron chi connectivity index (χ1n) is 3.97. The van der Waals surface area contributed by atoms with Crippen molar-refractivity contribution in [3.63, 3.8) is 0 Å². The van der Waals surface area contributed by atoms with E-state index in [1.807, 2.05) is 19.1 Å². The Morgan fingerprint density at radius 2 is 2.15 bits per heavy atom. The zero-order valence-electron chi connectivity index (χ0n) is 7.50. The Balaban J connectivity index is 2.79. The molecule has 0 aliphatic rings. The lowest BCUT2D eigenvalue weighted by Crippen LogP contribution is -1.83.